The molecule has 1 aliphatic heterocycles. The predicted molar refractivity (Wildman–Crippen MR) is 64.1 cm³/mol. The van der Waals surface area contributed by atoms with Crippen LogP contribution in [0.5, 0.6) is 5.88 Å². The Morgan fingerprint density at radius 2 is 2.39 bits per heavy atom. The zero-order valence-corrected chi connectivity index (χ0v) is 10.2. The Hall–Kier alpha value is -1.66. The van der Waals surface area contributed by atoms with E-state index in [1.54, 1.807) is 6.20 Å². The van der Waals surface area contributed by atoms with Crippen LogP contribution in [0.15, 0.2) is 18.3 Å². The summed E-state index contributed by atoms with van der Waals surface area (Å²) < 4.78 is 5.67. The molecule has 98 valence electrons. The highest BCUT2D eigenvalue weighted by molar-refractivity contribution is 5.77. The fourth-order valence-corrected chi connectivity index (χ4v) is 2.07. The van der Waals surface area contributed by atoms with Crippen LogP contribution in [0.3, 0.4) is 0 Å². The summed E-state index contributed by atoms with van der Waals surface area (Å²) in [4.78, 5) is 15.3. The molecule has 1 aliphatic rings. The summed E-state index contributed by atoms with van der Waals surface area (Å²) in [7, 11) is 0. The topological polar surface area (TPSA) is 88.7 Å². The van der Waals surface area contributed by atoms with Crippen molar-refractivity contribution in [1.82, 2.24) is 10.0 Å². The summed E-state index contributed by atoms with van der Waals surface area (Å²) in [6.07, 6.45) is 1.88. The van der Waals surface area contributed by atoms with Gasteiger partial charge in [-0.2, -0.15) is 5.06 Å². The smallest absolute Gasteiger partial charge is 0.222 e. The summed E-state index contributed by atoms with van der Waals surface area (Å²) in [5.74, 6) is -0.309. The standard InChI is InChI=1S/C12H17N3O3/c1-8-2-3-14-11(4-8)18-10-5-9(12(13)16)6-15(17)7-10/h2-4,9-10,17H,5-7H2,1H3,(H2,13,16). The second kappa shape index (κ2) is 5.32. The maximum Gasteiger partial charge on any atom is 0.222 e. The van der Waals surface area contributed by atoms with Crippen LogP contribution in [0.25, 0.3) is 0 Å². The first-order chi connectivity index (χ1) is 8.54. The van der Waals surface area contributed by atoms with E-state index in [0.29, 0.717) is 18.8 Å². The molecule has 3 N–H and O–H groups in total. The number of pyridine rings is 1. The van der Waals surface area contributed by atoms with Gasteiger partial charge in [-0.25, -0.2) is 4.98 Å². The molecular formula is C12H17N3O3. The highest BCUT2D eigenvalue weighted by Crippen LogP contribution is 2.20. The number of rotatable bonds is 3. The number of hydroxylamine groups is 2. The van der Waals surface area contributed by atoms with Crippen molar-refractivity contribution in [2.45, 2.75) is 19.4 Å². The van der Waals surface area contributed by atoms with Crippen molar-refractivity contribution in [2.24, 2.45) is 11.7 Å². The van der Waals surface area contributed by atoms with Gasteiger partial charge in [-0.15, -0.1) is 0 Å². The molecule has 6 nitrogen and oxygen atoms in total. The van der Waals surface area contributed by atoms with Gasteiger partial charge in [-0.05, 0) is 25.0 Å². The lowest BCUT2D eigenvalue weighted by Crippen LogP contribution is -2.47. The molecule has 18 heavy (non-hydrogen) atoms. The van der Waals surface area contributed by atoms with Crippen LogP contribution in [0.4, 0.5) is 0 Å². The van der Waals surface area contributed by atoms with Gasteiger partial charge in [0.05, 0.1) is 12.5 Å². The number of hydrogen-bond acceptors (Lipinski definition) is 5. The minimum Gasteiger partial charge on any atom is -0.473 e. The first-order valence-electron chi connectivity index (χ1n) is 5.87. The van der Waals surface area contributed by atoms with Gasteiger partial charge in [-0.3, -0.25) is 4.79 Å². The zero-order valence-electron chi connectivity index (χ0n) is 10.2. The highest BCUT2D eigenvalue weighted by Gasteiger charge is 2.31. The lowest BCUT2D eigenvalue weighted by Gasteiger charge is -2.32. The lowest BCUT2D eigenvalue weighted by atomic mass is 9.96. The van der Waals surface area contributed by atoms with Gasteiger partial charge in [0.15, 0.2) is 0 Å². The first-order valence-corrected chi connectivity index (χ1v) is 5.87. The number of nitrogens with two attached hydrogens (primary N) is 1. The Labute approximate surface area is 105 Å². The van der Waals surface area contributed by atoms with Crippen molar-refractivity contribution in [2.75, 3.05) is 13.1 Å². The van der Waals surface area contributed by atoms with Crippen LogP contribution in [-0.2, 0) is 4.79 Å². The fourth-order valence-electron chi connectivity index (χ4n) is 2.07. The van der Waals surface area contributed by atoms with E-state index < -0.39 is 11.8 Å². The Kier molecular flexibility index (Phi) is 3.78. The summed E-state index contributed by atoms with van der Waals surface area (Å²) in [6, 6.07) is 3.69. The number of hydrogen-bond donors (Lipinski definition) is 2. The Morgan fingerprint density at radius 1 is 1.61 bits per heavy atom. The number of nitrogens with zero attached hydrogens (tertiary/aromatic N) is 2. The molecule has 1 aromatic rings. The van der Waals surface area contributed by atoms with Crippen molar-refractivity contribution < 1.29 is 14.7 Å². The van der Waals surface area contributed by atoms with E-state index in [1.807, 2.05) is 19.1 Å². The van der Waals surface area contributed by atoms with Gasteiger partial charge < -0.3 is 15.7 Å². The van der Waals surface area contributed by atoms with E-state index in [0.717, 1.165) is 10.6 Å². The Bertz CT molecular complexity index is 438. The Balaban J connectivity index is 2.02. The molecule has 2 rings (SSSR count). The predicted octanol–water partition coefficient (Wildman–Crippen LogP) is 0.334. The fraction of sp³-hybridized carbons (Fsp3) is 0.500. The summed E-state index contributed by atoms with van der Waals surface area (Å²) in [5, 5.41) is 10.6. The average molecular weight is 251 g/mol. The summed E-state index contributed by atoms with van der Waals surface area (Å²) in [6.45, 7) is 2.55. The molecule has 2 heterocycles. The van der Waals surface area contributed by atoms with Crippen molar-refractivity contribution in [1.29, 1.82) is 0 Å². The van der Waals surface area contributed by atoms with Crippen LogP contribution in [0.2, 0.25) is 0 Å². The molecular weight excluding hydrogens is 234 g/mol. The van der Waals surface area contributed by atoms with Gasteiger partial charge in [0.1, 0.15) is 6.10 Å². The number of ether oxygens (including phenoxy) is 1. The third-order valence-corrected chi connectivity index (χ3v) is 2.97. The van der Waals surface area contributed by atoms with Gasteiger partial charge in [0.2, 0.25) is 11.8 Å². The SMILES string of the molecule is Cc1ccnc(OC2CC(C(N)=O)CN(O)C2)c1. The minimum atomic E-state index is -0.417. The van der Waals surface area contributed by atoms with Gasteiger partial charge in [-0.1, -0.05) is 0 Å². The largest absolute Gasteiger partial charge is 0.473 e. The van der Waals surface area contributed by atoms with Crippen LogP contribution >= 0.6 is 0 Å². The molecule has 1 aromatic heterocycles. The van der Waals surface area contributed by atoms with E-state index in [-0.39, 0.29) is 12.6 Å². The van der Waals surface area contributed by atoms with Crippen molar-refractivity contribution in [3.63, 3.8) is 0 Å². The number of amides is 1. The molecule has 2 atom stereocenters. The summed E-state index contributed by atoms with van der Waals surface area (Å²) in [5.41, 5.74) is 6.31. The number of aryl methyl sites for hydroxylation is 1. The van der Waals surface area contributed by atoms with Gasteiger partial charge in [0, 0.05) is 18.8 Å². The summed E-state index contributed by atoms with van der Waals surface area (Å²) >= 11 is 0. The van der Waals surface area contributed by atoms with Crippen molar-refractivity contribution >= 4 is 5.91 Å². The number of primary amides is 1. The van der Waals surface area contributed by atoms with E-state index in [9.17, 15) is 10.0 Å². The molecule has 6 heteroatoms. The monoisotopic (exact) mass is 251 g/mol. The molecule has 0 bridgehead atoms. The number of piperidine rings is 1. The van der Waals surface area contributed by atoms with Crippen molar-refractivity contribution in [3.8, 4) is 5.88 Å². The molecule has 2 unspecified atom stereocenters. The third kappa shape index (κ3) is 3.18. The Morgan fingerprint density at radius 3 is 3.06 bits per heavy atom. The van der Waals surface area contributed by atoms with Gasteiger partial charge >= 0.3 is 0 Å². The van der Waals surface area contributed by atoms with E-state index in [2.05, 4.69) is 4.98 Å². The van der Waals surface area contributed by atoms with Crippen LogP contribution < -0.4 is 10.5 Å². The first kappa shape index (κ1) is 12.8. The molecule has 1 saturated heterocycles. The van der Waals surface area contributed by atoms with Crippen molar-refractivity contribution in [3.05, 3.63) is 23.9 Å². The van der Waals surface area contributed by atoms with E-state index in [4.69, 9.17) is 10.5 Å². The molecule has 0 aromatic carbocycles. The van der Waals surface area contributed by atoms with Crippen LogP contribution in [-0.4, -0.2) is 40.4 Å². The average Bonchev–Trinajstić information content (AvgIpc) is 2.28. The van der Waals surface area contributed by atoms with Crippen LogP contribution in [0, 0.1) is 12.8 Å². The van der Waals surface area contributed by atoms with E-state index in [1.165, 1.54) is 0 Å². The maximum atomic E-state index is 11.2. The highest BCUT2D eigenvalue weighted by atomic mass is 16.5. The lowest BCUT2D eigenvalue weighted by molar-refractivity contribution is -0.154. The van der Waals surface area contributed by atoms with Gasteiger partial charge in [0.25, 0.3) is 0 Å². The molecule has 1 fully saturated rings. The zero-order chi connectivity index (χ0) is 13.1. The normalized spacial score (nSPS) is 24.8. The molecule has 0 aliphatic carbocycles. The number of aromatic nitrogens is 1. The molecule has 0 spiro atoms. The third-order valence-electron chi connectivity index (χ3n) is 2.97. The minimum absolute atomic E-state index is 0.260. The van der Waals surface area contributed by atoms with Crippen LogP contribution in [0.1, 0.15) is 12.0 Å². The molecule has 0 saturated carbocycles. The number of carbonyl (C=O) groups excluding carboxylic acids is 1. The molecule has 0 radical (unpaired) electrons. The maximum absolute atomic E-state index is 11.2. The second-order valence-corrected chi connectivity index (χ2v) is 4.62. The second-order valence-electron chi connectivity index (χ2n) is 4.62. The molecule has 1 amide bonds. The quantitative estimate of drug-likeness (QED) is 0.808. The number of carbonyl (C=O) groups is 1. The van der Waals surface area contributed by atoms with E-state index >= 15 is 0 Å².